The summed E-state index contributed by atoms with van der Waals surface area (Å²) >= 11 is 0. The van der Waals surface area contributed by atoms with E-state index in [-0.39, 0.29) is 0 Å². The highest BCUT2D eigenvalue weighted by molar-refractivity contribution is 5.95. The third-order valence-corrected chi connectivity index (χ3v) is 4.18. The van der Waals surface area contributed by atoms with Gasteiger partial charge in [0.1, 0.15) is 18.1 Å². The minimum absolute atomic E-state index is 0.503. The van der Waals surface area contributed by atoms with Crippen LogP contribution in [0.15, 0.2) is 0 Å². The number of aliphatic hydroxyl groups is 1. The lowest BCUT2D eigenvalue weighted by molar-refractivity contribution is -0.143. The maximum Gasteiger partial charge on any atom is 0.325 e. The molecule has 0 spiro atoms. The molecular weight excluding hydrogens is 376 g/mol. The molecule has 5 atom stereocenters. The van der Waals surface area contributed by atoms with Gasteiger partial charge >= 0.3 is 11.9 Å². The highest BCUT2D eigenvalue weighted by atomic mass is 16.4. The van der Waals surface area contributed by atoms with Gasteiger partial charge in [-0.05, 0) is 33.2 Å². The molecule has 5 unspecified atom stereocenters. The van der Waals surface area contributed by atoms with E-state index in [9.17, 15) is 29.1 Å². The fraction of sp³-hybridized carbons (Fsp3) is 0.688. The lowest BCUT2D eigenvalue weighted by atomic mass is 10.1. The van der Waals surface area contributed by atoms with Gasteiger partial charge in [-0.1, -0.05) is 0 Å². The van der Waals surface area contributed by atoms with Gasteiger partial charge in [-0.15, -0.1) is 0 Å². The number of carboxylic acid groups (broad SMARTS) is 2. The Bertz CT molecular complexity index is 618. The summed E-state index contributed by atoms with van der Waals surface area (Å²) < 4.78 is 0. The Kier molecular flexibility index (Phi) is 8.79. The van der Waals surface area contributed by atoms with E-state index in [2.05, 4.69) is 21.3 Å². The van der Waals surface area contributed by atoms with Crippen molar-refractivity contribution in [3.05, 3.63) is 0 Å². The first-order chi connectivity index (χ1) is 13.0. The van der Waals surface area contributed by atoms with Gasteiger partial charge in [-0.2, -0.15) is 0 Å². The second-order valence-corrected chi connectivity index (χ2v) is 6.60. The second-order valence-electron chi connectivity index (χ2n) is 6.60. The molecule has 1 aliphatic heterocycles. The van der Waals surface area contributed by atoms with Crippen LogP contribution in [0, 0.1) is 0 Å². The van der Waals surface area contributed by atoms with Gasteiger partial charge in [0.05, 0.1) is 18.6 Å². The predicted molar refractivity (Wildman–Crippen MR) is 94.1 cm³/mol. The normalized spacial score (nSPS) is 20.3. The number of rotatable bonds is 10. The second kappa shape index (κ2) is 10.6. The summed E-state index contributed by atoms with van der Waals surface area (Å²) in [6, 6.07) is -4.82. The van der Waals surface area contributed by atoms with Crippen LogP contribution in [0.1, 0.15) is 33.1 Å². The molecule has 0 aromatic carbocycles. The molecule has 0 bridgehead atoms. The molecule has 28 heavy (non-hydrogen) atoms. The first kappa shape index (κ1) is 23.3. The van der Waals surface area contributed by atoms with Crippen molar-refractivity contribution in [2.24, 2.45) is 0 Å². The zero-order valence-corrected chi connectivity index (χ0v) is 15.6. The van der Waals surface area contributed by atoms with E-state index >= 15 is 0 Å². The van der Waals surface area contributed by atoms with Crippen LogP contribution in [0.25, 0.3) is 0 Å². The Hall–Kier alpha value is -2.73. The topological polar surface area (TPSA) is 194 Å². The monoisotopic (exact) mass is 402 g/mol. The molecule has 1 saturated heterocycles. The number of carboxylic acids is 2. The van der Waals surface area contributed by atoms with Crippen molar-refractivity contribution in [2.45, 2.75) is 63.4 Å². The lowest BCUT2D eigenvalue weighted by Gasteiger charge is -2.25. The average molecular weight is 402 g/mol. The van der Waals surface area contributed by atoms with Gasteiger partial charge in [-0.25, -0.2) is 0 Å². The highest BCUT2D eigenvalue weighted by Crippen LogP contribution is 2.06. The molecule has 7 N–H and O–H groups in total. The highest BCUT2D eigenvalue weighted by Gasteiger charge is 2.33. The van der Waals surface area contributed by atoms with Crippen molar-refractivity contribution in [3.8, 4) is 0 Å². The molecule has 12 nitrogen and oxygen atoms in total. The van der Waals surface area contributed by atoms with Gasteiger partial charge in [0.25, 0.3) is 0 Å². The van der Waals surface area contributed by atoms with Gasteiger partial charge in [0.2, 0.25) is 17.7 Å². The molecular formula is C16H26N4O8. The summed E-state index contributed by atoms with van der Waals surface area (Å²) in [6.45, 7) is 3.07. The van der Waals surface area contributed by atoms with Crippen molar-refractivity contribution in [1.29, 1.82) is 0 Å². The Morgan fingerprint density at radius 1 is 1.04 bits per heavy atom. The number of carbonyl (C=O) groups excluding carboxylic acids is 3. The van der Waals surface area contributed by atoms with E-state index in [0.29, 0.717) is 13.0 Å². The predicted octanol–water partition coefficient (Wildman–Crippen LogP) is -2.85. The molecule has 0 aromatic rings. The van der Waals surface area contributed by atoms with Crippen LogP contribution in [0.5, 0.6) is 0 Å². The summed E-state index contributed by atoms with van der Waals surface area (Å²) in [7, 11) is 0. The molecule has 3 amide bonds. The maximum atomic E-state index is 12.5. The molecule has 1 fully saturated rings. The molecule has 12 heteroatoms. The Balaban J connectivity index is 2.83. The van der Waals surface area contributed by atoms with Crippen LogP contribution in [-0.4, -0.2) is 81.8 Å². The molecule has 0 saturated carbocycles. The van der Waals surface area contributed by atoms with Crippen LogP contribution in [-0.2, 0) is 24.0 Å². The Morgan fingerprint density at radius 2 is 1.68 bits per heavy atom. The minimum atomic E-state index is -1.59. The number of hydrogen-bond acceptors (Lipinski definition) is 7. The van der Waals surface area contributed by atoms with E-state index in [1.54, 1.807) is 0 Å². The lowest BCUT2D eigenvalue weighted by Crippen LogP contribution is -2.59. The number of amides is 3. The maximum absolute atomic E-state index is 12.5. The smallest absolute Gasteiger partial charge is 0.325 e. The van der Waals surface area contributed by atoms with E-state index in [0.717, 1.165) is 6.42 Å². The minimum Gasteiger partial charge on any atom is -0.481 e. The van der Waals surface area contributed by atoms with Crippen LogP contribution in [0.2, 0.25) is 0 Å². The number of nitrogens with one attached hydrogen (secondary N) is 4. The summed E-state index contributed by atoms with van der Waals surface area (Å²) in [5.74, 6) is -5.23. The molecule has 0 aromatic heterocycles. The Labute approximate surface area is 161 Å². The van der Waals surface area contributed by atoms with Crippen molar-refractivity contribution in [2.75, 3.05) is 6.54 Å². The number of hydrogen-bond donors (Lipinski definition) is 7. The largest absolute Gasteiger partial charge is 0.481 e. The third kappa shape index (κ3) is 7.12. The van der Waals surface area contributed by atoms with E-state index in [1.807, 2.05) is 0 Å². The van der Waals surface area contributed by atoms with Gasteiger partial charge in [0, 0.05) is 0 Å². The summed E-state index contributed by atoms with van der Waals surface area (Å²) in [5, 5.41) is 37.2. The first-order valence-electron chi connectivity index (χ1n) is 8.80. The molecule has 1 aliphatic rings. The van der Waals surface area contributed by atoms with E-state index in [4.69, 9.17) is 10.2 Å². The van der Waals surface area contributed by atoms with E-state index < -0.39 is 66.4 Å². The molecule has 1 rings (SSSR count). The van der Waals surface area contributed by atoms with E-state index in [1.165, 1.54) is 13.8 Å². The number of carbonyl (C=O) groups is 5. The summed E-state index contributed by atoms with van der Waals surface area (Å²) in [5.41, 5.74) is 0. The van der Waals surface area contributed by atoms with Crippen molar-refractivity contribution < 1.29 is 39.3 Å². The van der Waals surface area contributed by atoms with Crippen molar-refractivity contribution in [3.63, 3.8) is 0 Å². The van der Waals surface area contributed by atoms with Crippen molar-refractivity contribution in [1.82, 2.24) is 21.3 Å². The van der Waals surface area contributed by atoms with Crippen LogP contribution >= 0.6 is 0 Å². The Morgan fingerprint density at radius 3 is 2.14 bits per heavy atom. The number of aliphatic carboxylic acids is 2. The van der Waals surface area contributed by atoms with Crippen LogP contribution in [0.3, 0.4) is 0 Å². The quantitative estimate of drug-likeness (QED) is 0.201. The third-order valence-electron chi connectivity index (χ3n) is 4.18. The summed E-state index contributed by atoms with van der Waals surface area (Å²) in [6.07, 6.45) is -0.783. The molecule has 1 heterocycles. The zero-order chi connectivity index (χ0) is 21.4. The van der Waals surface area contributed by atoms with Gasteiger partial charge in [-0.3, -0.25) is 24.0 Å². The van der Waals surface area contributed by atoms with Crippen LogP contribution in [0.4, 0.5) is 0 Å². The molecule has 0 radical (unpaired) electrons. The average Bonchev–Trinajstić information content (AvgIpc) is 3.12. The van der Waals surface area contributed by atoms with Crippen molar-refractivity contribution >= 4 is 29.7 Å². The van der Waals surface area contributed by atoms with Gasteiger partial charge in [0.15, 0.2) is 0 Å². The zero-order valence-electron chi connectivity index (χ0n) is 15.6. The summed E-state index contributed by atoms with van der Waals surface area (Å²) in [4.78, 5) is 58.6. The number of aliphatic hydroxyl groups excluding tert-OH is 1. The SMILES string of the molecule is CC(NC(=O)C(CC(=O)O)NC(=O)C(NC(=O)C1CCCN1)C(C)O)C(=O)O. The van der Waals surface area contributed by atoms with Gasteiger partial charge < -0.3 is 36.6 Å². The fourth-order valence-corrected chi connectivity index (χ4v) is 2.59. The first-order valence-corrected chi connectivity index (χ1v) is 8.80. The molecule has 0 aliphatic carbocycles. The fourth-order valence-electron chi connectivity index (χ4n) is 2.59. The van der Waals surface area contributed by atoms with Crippen LogP contribution < -0.4 is 21.3 Å². The molecule has 158 valence electrons. The standard InChI is InChI=1S/C16H26N4O8/c1-7(16(27)28)18-14(25)10(6-11(22)23)19-15(26)12(8(2)21)20-13(24)9-4-3-5-17-9/h7-10,12,17,21H,3-6H2,1-2H3,(H,18,25)(H,19,26)(H,20,24)(H,22,23)(H,27,28).